The van der Waals surface area contributed by atoms with Crippen LogP contribution >= 0.6 is 23.1 Å². The number of rotatable bonds is 8. The summed E-state index contributed by atoms with van der Waals surface area (Å²) in [5.74, 6) is -2.31. The molecule has 13 nitrogen and oxygen atoms in total. The Balaban J connectivity index is 1.71. The fourth-order valence-corrected chi connectivity index (χ4v) is 5.15. The summed E-state index contributed by atoms with van der Waals surface area (Å²) in [5, 5.41) is 17.4. The zero-order valence-corrected chi connectivity index (χ0v) is 18.8. The van der Waals surface area contributed by atoms with Gasteiger partial charge in [0.15, 0.2) is 10.8 Å². The van der Waals surface area contributed by atoms with E-state index in [0.717, 1.165) is 23.1 Å². The van der Waals surface area contributed by atoms with Crippen LogP contribution in [-0.2, 0) is 24.0 Å². The van der Waals surface area contributed by atoms with Crippen LogP contribution in [0.15, 0.2) is 10.5 Å². The highest BCUT2D eigenvalue weighted by Gasteiger charge is 2.58. The van der Waals surface area contributed by atoms with E-state index in [1.807, 2.05) is 0 Å². The van der Waals surface area contributed by atoms with Gasteiger partial charge in [0.2, 0.25) is 5.91 Å². The summed E-state index contributed by atoms with van der Waals surface area (Å²) in [6.07, 6.45) is -1.40. The van der Waals surface area contributed by atoms with Crippen molar-refractivity contribution in [1.29, 1.82) is 0 Å². The van der Waals surface area contributed by atoms with Crippen LogP contribution < -0.4 is 16.8 Å². The SMILES string of the molecule is CC(C)ON=C(C(=O)NC1C(=O)N2CC(COC(N)=O)(C(=O)O)CS[C@H]12)c1csc(N)n1. The molecule has 1 aromatic heterocycles. The molecular formula is C17H22N6O7S2. The van der Waals surface area contributed by atoms with Crippen molar-refractivity contribution in [3.63, 3.8) is 0 Å². The zero-order valence-electron chi connectivity index (χ0n) is 17.1. The summed E-state index contributed by atoms with van der Waals surface area (Å²) in [5.41, 5.74) is 9.18. The van der Waals surface area contributed by atoms with Crippen molar-refractivity contribution < 1.29 is 33.9 Å². The van der Waals surface area contributed by atoms with Crippen LogP contribution in [0.4, 0.5) is 9.93 Å². The number of primary amides is 1. The molecular weight excluding hydrogens is 464 g/mol. The van der Waals surface area contributed by atoms with Crippen molar-refractivity contribution >= 4 is 57.8 Å². The molecule has 2 unspecified atom stereocenters. The van der Waals surface area contributed by atoms with Gasteiger partial charge in [-0.05, 0) is 13.8 Å². The van der Waals surface area contributed by atoms with E-state index in [9.17, 15) is 24.3 Å². The van der Waals surface area contributed by atoms with Gasteiger partial charge in [0.05, 0.1) is 0 Å². The number of carbonyl (C=O) groups is 4. The number of β-lactam (4-membered cyclic amide) rings is 1. The lowest BCUT2D eigenvalue weighted by molar-refractivity contribution is -0.160. The molecule has 0 bridgehead atoms. The molecule has 32 heavy (non-hydrogen) atoms. The third kappa shape index (κ3) is 4.72. The normalized spacial score (nSPS) is 25.0. The predicted molar refractivity (Wildman–Crippen MR) is 115 cm³/mol. The third-order valence-electron chi connectivity index (χ3n) is 4.71. The van der Waals surface area contributed by atoms with Crippen molar-refractivity contribution in [2.24, 2.45) is 16.3 Å². The molecule has 3 atom stereocenters. The van der Waals surface area contributed by atoms with Crippen LogP contribution in [0.2, 0.25) is 0 Å². The number of fused-ring (bicyclic) bond motifs is 1. The number of thiazole rings is 1. The lowest BCUT2D eigenvalue weighted by atomic mass is 9.88. The Morgan fingerprint density at radius 1 is 1.47 bits per heavy atom. The summed E-state index contributed by atoms with van der Waals surface area (Å²) >= 11 is 2.28. The first-order valence-electron chi connectivity index (χ1n) is 9.38. The summed E-state index contributed by atoms with van der Waals surface area (Å²) in [6.45, 7) is 2.82. The molecule has 2 saturated heterocycles. The number of carboxylic acids is 1. The van der Waals surface area contributed by atoms with Gasteiger partial charge in [-0.25, -0.2) is 9.78 Å². The molecule has 2 fully saturated rings. The number of aromatic nitrogens is 1. The number of aliphatic carboxylic acids is 1. The number of carbonyl (C=O) groups excluding carboxylic acids is 3. The van der Waals surface area contributed by atoms with Gasteiger partial charge >= 0.3 is 12.1 Å². The number of hydrogen-bond acceptors (Lipinski definition) is 11. The molecule has 6 N–H and O–H groups in total. The van der Waals surface area contributed by atoms with Crippen molar-refractivity contribution in [3.05, 3.63) is 11.1 Å². The molecule has 15 heteroatoms. The highest BCUT2D eigenvalue weighted by molar-refractivity contribution is 8.00. The van der Waals surface area contributed by atoms with Crippen molar-refractivity contribution in [1.82, 2.24) is 15.2 Å². The molecule has 1 aromatic rings. The van der Waals surface area contributed by atoms with E-state index in [2.05, 4.69) is 15.5 Å². The maximum Gasteiger partial charge on any atom is 0.404 e. The minimum absolute atomic E-state index is 0.0520. The van der Waals surface area contributed by atoms with Gasteiger partial charge in [0.25, 0.3) is 5.91 Å². The average Bonchev–Trinajstić information content (AvgIpc) is 3.15. The number of hydrogen-bond donors (Lipinski definition) is 4. The number of nitrogens with one attached hydrogen (secondary N) is 1. The van der Waals surface area contributed by atoms with Gasteiger partial charge in [0, 0.05) is 17.7 Å². The summed E-state index contributed by atoms with van der Waals surface area (Å²) in [7, 11) is 0. The Morgan fingerprint density at radius 2 is 2.19 bits per heavy atom. The van der Waals surface area contributed by atoms with Crippen LogP contribution in [0.3, 0.4) is 0 Å². The Morgan fingerprint density at radius 3 is 2.75 bits per heavy atom. The van der Waals surface area contributed by atoms with E-state index in [1.165, 1.54) is 4.90 Å². The number of oxime groups is 1. The number of amides is 3. The van der Waals surface area contributed by atoms with Crippen molar-refractivity contribution in [3.8, 4) is 0 Å². The number of nitrogen functional groups attached to an aromatic ring is 1. The van der Waals surface area contributed by atoms with Crippen molar-refractivity contribution in [2.75, 3.05) is 24.6 Å². The van der Waals surface area contributed by atoms with Gasteiger partial charge < -0.3 is 36.4 Å². The Kier molecular flexibility index (Phi) is 6.78. The first kappa shape index (κ1) is 23.6. The first-order valence-corrected chi connectivity index (χ1v) is 11.3. The second kappa shape index (κ2) is 9.20. The Hall–Kier alpha value is -3.07. The average molecular weight is 487 g/mol. The summed E-state index contributed by atoms with van der Waals surface area (Å²) in [6, 6.07) is -0.892. The van der Waals surface area contributed by atoms with Crippen LogP contribution in [0.25, 0.3) is 0 Å². The largest absolute Gasteiger partial charge is 0.481 e. The standard InChI is InChI=1S/C17H22N6O7S2/c1-7(2)30-22-9(8-3-31-15(18)20-8)11(24)21-10-12(25)23-4-17(14(26)27,5-29-16(19)28)6-32-13(10)23/h3,7,10,13H,4-6H2,1-2H3,(H2,18,20)(H2,19,28)(H,21,24)(H,26,27)/t10?,13-,17?/m1/s1. The van der Waals surface area contributed by atoms with Gasteiger partial charge in [-0.3, -0.25) is 14.4 Å². The minimum Gasteiger partial charge on any atom is -0.481 e. The second-order valence-electron chi connectivity index (χ2n) is 7.48. The zero-order chi connectivity index (χ0) is 23.6. The monoisotopic (exact) mass is 486 g/mol. The number of thioether (sulfide) groups is 1. The van der Waals surface area contributed by atoms with E-state index in [0.29, 0.717) is 0 Å². The van der Waals surface area contributed by atoms with Crippen LogP contribution in [0.5, 0.6) is 0 Å². The van der Waals surface area contributed by atoms with E-state index in [1.54, 1.807) is 19.2 Å². The molecule has 3 heterocycles. The lowest BCUT2D eigenvalue weighted by Gasteiger charge is -2.53. The molecule has 3 amide bonds. The fourth-order valence-electron chi connectivity index (χ4n) is 3.08. The van der Waals surface area contributed by atoms with E-state index in [4.69, 9.17) is 21.0 Å². The van der Waals surface area contributed by atoms with Crippen LogP contribution in [-0.4, -0.2) is 81.0 Å². The number of nitrogens with two attached hydrogens (primary N) is 2. The number of nitrogens with zero attached hydrogens (tertiary/aromatic N) is 3. The second-order valence-corrected chi connectivity index (χ2v) is 9.47. The highest BCUT2D eigenvalue weighted by Crippen LogP contribution is 2.42. The van der Waals surface area contributed by atoms with Crippen LogP contribution in [0.1, 0.15) is 19.5 Å². The third-order valence-corrected chi connectivity index (χ3v) is 6.97. The van der Waals surface area contributed by atoms with E-state index < -0.39 is 47.3 Å². The smallest absolute Gasteiger partial charge is 0.404 e. The molecule has 0 aromatic carbocycles. The van der Waals surface area contributed by atoms with Gasteiger partial charge in [-0.2, -0.15) is 0 Å². The van der Waals surface area contributed by atoms with Crippen LogP contribution in [0, 0.1) is 5.41 Å². The number of carboxylic acid groups (broad SMARTS) is 1. The quantitative estimate of drug-likeness (QED) is 0.209. The fraction of sp³-hybridized carbons (Fsp3) is 0.529. The molecule has 0 saturated carbocycles. The Bertz CT molecular complexity index is 967. The maximum atomic E-state index is 12.9. The van der Waals surface area contributed by atoms with Crippen molar-refractivity contribution in [2.45, 2.75) is 31.4 Å². The predicted octanol–water partition coefficient (Wildman–Crippen LogP) is -0.579. The summed E-state index contributed by atoms with van der Waals surface area (Å²) in [4.78, 5) is 58.8. The Labute approximate surface area is 190 Å². The molecule has 3 rings (SSSR count). The molecule has 0 aliphatic carbocycles. The molecule has 0 spiro atoms. The maximum absolute atomic E-state index is 12.9. The molecule has 2 aliphatic rings. The molecule has 2 aliphatic heterocycles. The number of ether oxygens (including phenoxy) is 1. The lowest BCUT2D eigenvalue weighted by Crippen LogP contribution is -2.74. The van der Waals surface area contributed by atoms with Gasteiger partial charge in [-0.1, -0.05) is 5.16 Å². The minimum atomic E-state index is -1.49. The van der Waals surface area contributed by atoms with E-state index in [-0.39, 0.29) is 34.9 Å². The molecule has 174 valence electrons. The van der Waals surface area contributed by atoms with E-state index >= 15 is 0 Å². The topological polar surface area (TPSA) is 200 Å². The summed E-state index contributed by atoms with van der Waals surface area (Å²) < 4.78 is 4.70. The van der Waals surface area contributed by atoms with Gasteiger partial charge in [0.1, 0.15) is 35.2 Å². The molecule has 0 radical (unpaired) electrons. The highest BCUT2D eigenvalue weighted by atomic mass is 32.2. The van der Waals surface area contributed by atoms with Gasteiger partial charge in [-0.15, -0.1) is 23.1 Å². The first-order chi connectivity index (χ1) is 15.0. The number of anilines is 1.